The van der Waals surface area contributed by atoms with E-state index < -0.39 is 10.0 Å². The largest absolute Gasteiger partial charge is 0.493 e. The molecule has 0 radical (unpaired) electrons. The number of hydrogen-bond donors (Lipinski definition) is 2. The van der Waals surface area contributed by atoms with E-state index in [1.165, 1.54) is 21.3 Å². The summed E-state index contributed by atoms with van der Waals surface area (Å²) in [6.45, 7) is 1.64. The van der Waals surface area contributed by atoms with Gasteiger partial charge >= 0.3 is 0 Å². The van der Waals surface area contributed by atoms with Crippen LogP contribution in [-0.2, 0) is 21.4 Å². The second-order valence-corrected chi connectivity index (χ2v) is 8.05. The van der Waals surface area contributed by atoms with E-state index in [1.54, 1.807) is 19.1 Å². The number of nitrogens with one attached hydrogen (secondary N) is 2. The van der Waals surface area contributed by atoms with Gasteiger partial charge in [-0.15, -0.1) is 10.2 Å². The number of carbonyl (C=O) groups is 1. The zero-order chi connectivity index (χ0) is 20.0. The van der Waals surface area contributed by atoms with E-state index in [-0.39, 0.29) is 28.3 Å². The molecule has 12 heteroatoms. The molecule has 0 aliphatic rings. The SMILES string of the molecule is CCC(=O)Nc1nnc(S(=O)(=O)NCc2cc(OC)c(OC)c(OC)c2)s1. The van der Waals surface area contributed by atoms with E-state index in [9.17, 15) is 13.2 Å². The molecule has 0 spiro atoms. The van der Waals surface area contributed by atoms with Gasteiger partial charge in [-0.2, -0.15) is 0 Å². The molecule has 0 aliphatic heterocycles. The molecular formula is C15H20N4O6S2. The van der Waals surface area contributed by atoms with Crippen LogP contribution in [0.25, 0.3) is 0 Å². The van der Waals surface area contributed by atoms with Crippen LogP contribution in [0.4, 0.5) is 5.13 Å². The molecule has 27 heavy (non-hydrogen) atoms. The summed E-state index contributed by atoms with van der Waals surface area (Å²) in [5.74, 6) is 0.950. The average Bonchev–Trinajstić information content (AvgIpc) is 3.14. The van der Waals surface area contributed by atoms with Crippen LogP contribution in [0.3, 0.4) is 0 Å². The van der Waals surface area contributed by atoms with Gasteiger partial charge in [0.2, 0.25) is 21.1 Å². The van der Waals surface area contributed by atoms with Crippen LogP contribution in [0.1, 0.15) is 18.9 Å². The topological polar surface area (TPSA) is 129 Å². The molecule has 0 bridgehead atoms. The summed E-state index contributed by atoms with van der Waals surface area (Å²) in [5.41, 5.74) is 0.595. The van der Waals surface area contributed by atoms with E-state index in [1.807, 2.05) is 0 Å². The first kappa shape index (κ1) is 20.9. The maximum atomic E-state index is 12.4. The molecular weight excluding hydrogens is 396 g/mol. The van der Waals surface area contributed by atoms with Crippen molar-refractivity contribution in [2.75, 3.05) is 26.6 Å². The Hall–Kier alpha value is -2.44. The average molecular weight is 416 g/mol. The number of rotatable bonds is 9. The highest BCUT2D eigenvalue weighted by Crippen LogP contribution is 2.38. The minimum Gasteiger partial charge on any atom is -0.493 e. The number of anilines is 1. The molecule has 0 aliphatic carbocycles. The number of benzene rings is 1. The number of nitrogens with zero attached hydrogens (tertiary/aromatic N) is 2. The summed E-state index contributed by atoms with van der Waals surface area (Å²) in [6, 6.07) is 3.27. The standard InChI is InChI=1S/C15H20N4O6S2/c1-5-12(20)17-14-18-19-15(26-14)27(21,22)16-8-9-6-10(23-2)13(25-4)11(7-9)24-3/h6-7,16H,5,8H2,1-4H3,(H,17,18,20). The Balaban J connectivity index is 2.16. The lowest BCUT2D eigenvalue weighted by Gasteiger charge is -2.14. The summed E-state index contributed by atoms with van der Waals surface area (Å²) in [6.07, 6.45) is 0.251. The van der Waals surface area contributed by atoms with Gasteiger partial charge in [0.15, 0.2) is 11.5 Å². The Morgan fingerprint density at radius 2 is 1.74 bits per heavy atom. The molecule has 1 aromatic carbocycles. The number of methoxy groups -OCH3 is 3. The Kier molecular flexibility index (Phi) is 6.93. The smallest absolute Gasteiger partial charge is 0.270 e. The number of ether oxygens (including phenoxy) is 3. The van der Waals surface area contributed by atoms with Crippen LogP contribution in [0, 0.1) is 0 Å². The van der Waals surface area contributed by atoms with Crippen LogP contribution < -0.4 is 24.2 Å². The van der Waals surface area contributed by atoms with Crippen LogP contribution in [0.5, 0.6) is 17.2 Å². The van der Waals surface area contributed by atoms with Gasteiger partial charge in [-0.1, -0.05) is 18.3 Å². The Labute approximate surface area is 160 Å². The van der Waals surface area contributed by atoms with Gasteiger partial charge in [0, 0.05) is 13.0 Å². The lowest BCUT2D eigenvalue weighted by atomic mass is 10.2. The minimum atomic E-state index is -3.90. The summed E-state index contributed by atoms with van der Waals surface area (Å²) in [4.78, 5) is 11.4. The van der Waals surface area contributed by atoms with Gasteiger partial charge in [0.05, 0.1) is 21.3 Å². The molecule has 0 fully saturated rings. The molecule has 0 saturated carbocycles. The molecule has 1 aromatic heterocycles. The zero-order valence-corrected chi connectivity index (χ0v) is 16.9. The highest BCUT2D eigenvalue weighted by Gasteiger charge is 2.21. The van der Waals surface area contributed by atoms with Gasteiger partial charge < -0.3 is 19.5 Å². The van der Waals surface area contributed by atoms with Crippen LogP contribution in [0.15, 0.2) is 16.5 Å². The summed E-state index contributed by atoms with van der Waals surface area (Å²) >= 11 is 0.766. The molecule has 0 unspecified atom stereocenters. The zero-order valence-electron chi connectivity index (χ0n) is 15.2. The first-order valence-electron chi connectivity index (χ1n) is 7.76. The summed E-state index contributed by atoms with van der Waals surface area (Å²) in [7, 11) is 0.517. The fourth-order valence-electron chi connectivity index (χ4n) is 2.05. The van der Waals surface area contributed by atoms with Gasteiger partial charge in [-0.3, -0.25) is 4.79 Å². The highest BCUT2D eigenvalue weighted by atomic mass is 32.2. The summed E-state index contributed by atoms with van der Waals surface area (Å²) in [5, 5.41) is 9.87. The molecule has 2 rings (SSSR count). The summed E-state index contributed by atoms with van der Waals surface area (Å²) < 4.78 is 42.7. The second-order valence-electron chi connectivity index (χ2n) is 5.13. The van der Waals surface area contributed by atoms with Crippen molar-refractivity contribution in [3.63, 3.8) is 0 Å². The van der Waals surface area contributed by atoms with Gasteiger partial charge in [-0.05, 0) is 17.7 Å². The monoisotopic (exact) mass is 416 g/mol. The Morgan fingerprint density at radius 3 is 2.26 bits per heavy atom. The molecule has 2 aromatic rings. The quantitative estimate of drug-likeness (QED) is 0.587. The van der Waals surface area contributed by atoms with Crippen LogP contribution in [-0.4, -0.2) is 45.9 Å². The fourth-order valence-corrected chi connectivity index (χ4v) is 4.03. The Bertz CT molecular complexity index is 888. The minimum absolute atomic E-state index is 0.0325. The third kappa shape index (κ3) is 5.05. The lowest BCUT2D eigenvalue weighted by Crippen LogP contribution is -2.23. The molecule has 1 amide bonds. The first-order valence-corrected chi connectivity index (χ1v) is 10.1. The van der Waals surface area contributed by atoms with Crippen molar-refractivity contribution in [3.05, 3.63) is 17.7 Å². The predicted molar refractivity (Wildman–Crippen MR) is 99.0 cm³/mol. The third-order valence-corrected chi connectivity index (χ3v) is 6.00. The van der Waals surface area contributed by atoms with Gasteiger partial charge in [0.1, 0.15) is 0 Å². The van der Waals surface area contributed by atoms with Gasteiger partial charge in [0.25, 0.3) is 10.0 Å². The van der Waals surface area contributed by atoms with Crippen molar-refractivity contribution < 1.29 is 27.4 Å². The number of sulfonamides is 1. The maximum absolute atomic E-state index is 12.4. The van der Waals surface area contributed by atoms with Gasteiger partial charge in [-0.25, -0.2) is 13.1 Å². The third-order valence-electron chi connectivity index (χ3n) is 3.39. The number of aromatic nitrogens is 2. The molecule has 148 valence electrons. The molecule has 10 nitrogen and oxygen atoms in total. The van der Waals surface area contributed by atoms with Crippen molar-refractivity contribution in [1.29, 1.82) is 0 Å². The normalized spacial score (nSPS) is 11.1. The van der Waals surface area contributed by atoms with Crippen molar-refractivity contribution >= 4 is 32.4 Å². The predicted octanol–water partition coefficient (Wildman–Crippen LogP) is 1.39. The van der Waals surface area contributed by atoms with Crippen LogP contribution >= 0.6 is 11.3 Å². The first-order chi connectivity index (χ1) is 12.8. The Morgan fingerprint density at radius 1 is 1.11 bits per heavy atom. The molecule has 1 heterocycles. The highest BCUT2D eigenvalue weighted by molar-refractivity contribution is 7.91. The van der Waals surface area contributed by atoms with E-state index in [0.29, 0.717) is 22.8 Å². The molecule has 2 N–H and O–H groups in total. The van der Waals surface area contributed by atoms with Crippen LogP contribution in [0.2, 0.25) is 0 Å². The van der Waals surface area contributed by atoms with Crippen molar-refractivity contribution in [2.45, 2.75) is 24.2 Å². The van der Waals surface area contributed by atoms with Crippen molar-refractivity contribution in [3.8, 4) is 17.2 Å². The van der Waals surface area contributed by atoms with Crippen molar-refractivity contribution in [2.24, 2.45) is 0 Å². The maximum Gasteiger partial charge on any atom is 0.270 e. The second kappa shape index (κ2) is 8.97. The number of carbonyl (C=O) groups excluding carboxylic acids is 1. The number of hydrogen-bond acceptors (Lipinski definition) is 9. The number of amides is 1. The van der Waals surface area contributed by atoms with Crippen molar-refractivity contribution in [1.82, 2.24) is 14.9 Å². The lowest BCUT2D eigenvalue weighted by molar-refractivity contribution is -0.115. The van der Waals surface area contributed by atoms with E-state index in [2.05, 4.69) is 20.2 Å². The van der Waals surface area contributed by atoms with E-state index >= 15 is 0 Å². The van der Waals surface area contributed by atoms with E-state index in [0.717, 1.165) is 11.3 Å². The fraction of sp³-hybridized carbons (Fsp3) is 0.400. The molecule has 0 atom stereocenters. The molecule has 0 saturated heterocycles. The van der Waals surface area contributed by atoms with E-state index in [4.69, 9.17) is 14.2 Å².